The van der Waals surface area contributed by atoms with Crippen molar-refractivity contribution in [2.75, 3.05) is 5.32 Å². The molecule has 1 amide bonds. The van der Waals surface area contributed by atoms with Crippen LogP contribution in [-0.4, -0.2) is 16.0 Å². The van der Waals surface area contributed by atoms with Crippen LogP contribution in [0.2, 0.25) is 0 Å². The average Bonchev–Trinajstić information content (AvgIpc) is 3.10. The van der Waals surface area contributed by atoms with Gasteiger partial charge < -0.3 is 9.84 Å². The van der Waals surface area contributed by atoms with E-state index in [1.165, 1.54) is 0 Å². The molecule has 0 aliphatic heterocycles. The van der Waals surface area contributed by atoms with Crippen LogP contribution < -0.4 is 5.32 Å². The standard InChI is InChI=1S/C17H13N3O2S/c1-10-18-14-8-11(6-7-16(14)23-10)19-17(21)9-13-12-4-2-3-5-15(12)22-20-13/h2-8H,9H2,1H3,(H,19,21). The van der Waals surface area contributed by atoms with Crippen LogP contribution in [0.5, 0.6) is 0 Å². The molecular formula is C17H13N3O2S. The highest BCUT2D eigenvalue weighted by atomic mass is 32.1. The molecule has 0 saturated carbocycles. The monoisotopic (exact) mass is 323 g/mol. The first-order valence-electron chi connectivity index (χ1n) is 7.19. The van der Waals surface area contributed by atoms with Gasteiger partial charge in [-0.15, -0.1) is 11.3 Å². The molecule has 0 unspecified atom stereocenters. The number of hydrogen-bond acceptors (Lipinski definition) is 5. The number of benzene rings is 2. The number of fused-ring (bicyclic) bond motifs is 2. The molecular weight excluding hydrogens is 310 g/mol. The van der Waals surface area contributed by atoms with Gasteiger partial charge in [-0.25, -0.2) is 4.98 Å². The van der Waals surface area contributed by atoms with E-state index < -0.39 is 0 Å². The lowest BCUT2D eigenvalue weighted by atomic mass is 10.1. The molecule has 2 aromatic heterocycles. The minimum atomic E-state index is -0.129. The van der Waals surface area contributed by atoms with Crippen molar-refractivity contribution in [2.24, 2.45) is 0 Å². The van der Waals surface area contributed by atoms with E-state index in [-0.39, 0.29) is 12.3 Å². The van der Waals surface area contributed by atoms with Crippen molar-refractivity contribution >= 4 is 44.1 Å². The fourth-order valence-electron chi connectivity index (χ4n) is 2.54. The van der Waals surface area contributed by atoms with E-state index in [1.54, 1.807) is 11.3 Å². The fourth-order valence-corrected chi connectivity index (χ4v) is 3.35. The Labute approximate surface area is 135 Å². The Morgan fingerprint density at radius 2 is 2.13 bits per heavy atom. The summed E-state index contributed by atoms with van der Waals surface area (Å²) < 4.78 is 6.34. The van der Waals surface area contributed by atoms with Crippen LogP contribution in [0.3, 0.4) is 0 Å². The van der Waals surface area contributed by atoms with Gasteiger partial charge in [0, 0.05) is 11.1 Å². The normalized spacial score (nSPS) is 11.2. The number of nitrogens with zero attached hydrogens (tertiary/aromatic N) is 2. The highest BCUT2D eigenvalue weighted by Gasteiger charge is 2.12. The third-order valence-corrected chi connectivity index (χ3v) is 4.51. The molecule has 0 bridgehead atoms. The largest absolute Gasteiger partial charge is 0.356 e. The number of amides is 1. The van der Waals surface area contributed by atoms with Gasteiger partial charge in [-0.3, -0.25) is 4.79 Å². The van der Waals surface area contributed by atoms with Crippen molar-refractivity contribution in [2.45, 2.75) is 13.3 Å². The fraction of sp³-hybridized carbons (Fsp3) is 0.118. The Morgan fingerprint density at radius 1 is 1.26 bits per heavy atom. The molecule has 114 valence electrons. The van der Waals surface area contributed by atoms with Gasteiger partial charge in [-0.05, 0) is 37.3 Å². The van der Waals surface area contributed by atoms with Crippen molar-refractivity contribution in [3.8, 4) is 0 Å². The van der Waals surface area contributed by atoms with E-state index in [4.69, 9.17) is 4.52 Å². The molecule has 0 aliphatic rings. The van der Waals surface area contributed by atoms with Crippen molar-refractivity contribution in [1.29, 1.82) is 0 Å². The summed E-state index contributed by atoms with van der Waals surface area (Å²) in [7, 11) is 0. The number of aromatic nitrogens is 2. The summed E-state index contributed by atoms with van der Waals surface area (Å²) in [4.78, 5) is 16.7. The van der Waals surface area contributed by atoms with Gasteiger partial charge >= 0.3 is 0 Å². The summed E-state index contributed by atoms with van der Waals surface area (Å²) in [5, 5.41) is 8.75. The lowest BCUT2D eigenvalue weighted by Gasteiger charge is -2.03. The molecule has 0 saturated heterocycles. The number of nitrogens with one attached hydrogen (secondary N) is 1. The molecule has 0 spiro atoms. The molecule has 2 aromatic carbocycles. The summed E-state index contributed by atoms with van der Waals surface area (Å²) in [6.07, 6.45) is 0.172. The van der Waals surface area contributed by atoms with Crippen LogP contribution in [0.4, 0.5) is 5.69 Å². The van der Waals surface area contributed by atoms with E-state index >= 15 is 0 Å². The number of aryl methyl sites for hydroxylation is 1. The predicted molar refractivity (Wildman–Crippen MR) is 90.7 cm³/mol. The molecule has 23 heavy (non-hydrogen) atoms. The molecule has 4 rings (SSSR count). The molecule has 0 fully saturated rings. The van der Waals surface area contributed by atoms with Gasteiger partial charge in [0.15, 0.2) is 5.58 Å². The van der Waals surface area contributed by atoms with Crippen LogP contribution in [0.1, 0.15) is 10.7 Å². The van der Waals surface area contributed by atoms with Gasteiger partial charge in [0.1, 0.15) is 5.69 Å². The molecule has 6 heteroatoms. The van der Waals surface area contributed by atoms with E-state index in [9.17, 15) is 4.79 Å². The predicted octanol–water partition coefficient (Wildman–Crippen LogP) is 3.93. The number of rotatable bonds is 3. The minimum Gasteiger partial charge on any atom is -0.356 e. The SMILES string of the molecule is Cc1nc2cc(NC(=O)Cc3noc4ccccc34)ccc2s1. The van der Waals surface area contributed by atoms with Gasteiger partial charge in [-0.1, -0.05) is 17.3 Å². The molecule has 1 N–H and O–H groups in total. The molecule has 0 atom stereocenters. The molecule has 0 aliphatic carbocycles. The van der Waals surface area contributed by atoms with Gasteiger partial charge in [0.25, 0.3) is 0 Å². The number of para-hydroxylation sites is 1. The van der Waals surface area contributed by atoms with Crippen LogP contribution in [0.15, 0.2) is 47.0 Å². The van der Waals surface area contributed by atoms with Gasteiger partial charge in [0.2, 0.25) is 5.91 Å². The van der Waals surface area contributed by atoms with Crippen LogP contribution >= 0.6 is 11.3 Å². The maximum absolute atomic E-state index is 12.3. The van der Waals surface area contributed by atoms with E-state index in [0.29, 0.717) is 11.3 Å². The van der Waals surface area contributed by atoms with Crippen molar-refractivity contribution in [3.05, 3.63) is 53.2 Å². The summed E-state index contributed by atoms with van der Waals surface area (Å²) in [5.74, 6) is -0.129. The lowest BCUT2D eigenvalue weighted by molar-refractivity contribution is -0.115. The van der Waals surface area contributed by atoms with Crippen LogP contribution in [0.25, 0.3) is 21.2 Å². The number of carbonyl (C=O) groups is 1. The average molecular weight is 323 g/mol. The Kier molecular flexibility index (Phi) is 3.31. The van der Waals surface area contributed by atoms with E-state index in [2.05, 4.69) is 15.5 Å². The highest BCUT2D eigenvalue weighted by molar-refractivity contribution is 7.18. The van der Waals surface area contributed by atoms with Crippen LogP contribution in [0, 0.1) is 6.92 Å². The Balaban J connectivity index is 1.54. The second-order valence-electron chi connectivity index (χ2n) is 5.27. The zero-order valence-electron chi connectivity index (χ0n) is 12.4. The summed E-state index contributed by atoms with van der Waals surface area (Å²) >= 11 is 1.64. The molecule has 2 heterocycles. The summed E-state index contributed by atoms with van der Waals surface area (Å²) in [5.41, 5.74) is 2.97. The second-order valence-corrected chi connectivity index (χ2v) is 6.50. The molecule has 5 nitrogen and oxygen atoms in total. The third kappa shape index (κ3) is 2.68. The van der Waals surface area contributed by atoms with Gasteiger partial charge in [-0.2, -0.15) is 0 Å². The maximum Gasteiger partial charge on any atom is 0.230 e. The first-order valence-corrected chi connectivity index (χ1v) is 8.01. The number of hydrogen-bond donors (Lipinski definition) is 1. The van der Waals surface area contributed by atoms with Crippen molar-refractivity contribution in [3.63, 3.8) is 0 Å². The van der Waals surface area contributed by atoms with Gasteiger partial charge in [0.05, 0.1) is 21.6 Å². The Morgan fingerprint density at radius 3 is 3.04 bits per heavy atom. The smallest absolute Gasteiger partial charge is 0.230 e. The lowest BCUT2D eigenvalue weighted by Crippen LogP contribution is -2.14. The third-order valence-electron chi connectivity index (χ3n) is 3.56. The Bertz CT molecular complexity index is 1020. The summed E-state index contributed by atoms with van der Waals surface area (Å²) in [6.45, 7) is 1.97. The minimum absolute atomic E-state index is 0.129. The zero-order valence-corrected chi connectivity index (χ0v) is 13.2. The first-order chi connectivity index (χ1) is 11.2. The van der Waals surface area contributed by atoms with Crippen molar-refractivity contribution in [1.82, 2.24) is 10.1 Å². The van der Waals surface area contributed by atoms with E-state index in [1.807, 2.05) is 49.4 Å². The topological polar surface area (TPSA) is 68.0 Å². The zero-order chi connectivity index (χ0) is 15.8. The number of thiazole rings is 1. The second kappa shape index (κ2) is 5.48. The number of anilines is 1. The maximum atomic E-state index is 12.3. The van der Waals surface area contributed by atoms with E-state index in [0.717, 1.165) is 26.3 Å². The molecule has 0 radical (unpaired) electrons. The van der Waals surface area contributed by atoms with Crippen LogP contribution in [-0.2, 0) is 11.2 Å². The quantitative estimate of drug-likeness (QED) is 0.620. The first kappa shape index (κ1) is 13.9. The molecule has 4 aromatic rings. The Hall–Kier alpha value is -2.73. The van der Waals surface area contributed by atoms with Crippen molar-refractivity contribution < 1.29 is 9.32 Å². The number of carbonyl (C=O) groups excluding carboxylic acids is 1. The summed E-state index contributed by atoms with van der Waals surface area (Å²) in [6, 6.07) is 13.3. The highest BCUT2D eigenvalue weighted by Crippen LogP contribution is 2.25.